The molecular weight excluding hydrogens is 228 g/mol. The molecule has 2 rings (SSSR count). The second-order valence-corrected chi connectivity index (χ2v) is 4.55. The van der Waals surface area contributed by atoms with Crippen LogP contribution in [0.5, 0.6) is 0 Å². The lowest BCUT2D eigenvalue weighted by molar-refractivity contribution is -0.134. The van der Waals surface area contributed by atoms with Gasteiger partial charge in [0.25, 0.3) is 0 Å². The van der Waals surface area contributed by atoms with E-state index in [9.17, 15) is 4.79 Å². The first-order valence-corrected chi connectivity index (χ1v) is 6.47. The molecule has 1 N–H and O–H groups in total. The number of nitrogens with zero attached hydrogens (tertiary/aromatic N) is 2. The molecule has 1 amide bonds. The minimum atomic E-state index is -0.384. The first-order valence-electron chi connectivity index (χ1n) is 6.47. The second kappa shape index (κ2) is 5.87. The van der Waals surface area contributed by atoms with Crippen LogP contribution in [-0.4, -0.2) is 48.7 Å². The molecule has 18 heavy (non-hydrogen) atoms. The van der Waals surface area contributed by atoms with Gasteiger partial charge in [-0.15, -0.1) is 0 Å². The largest absolute Gasteiger partial charge is 0.387 e. The highest BCUT2D eigenvalue weighted by atomic mass is 16.3. The van der Waals surface area contributed by atoms with Crippen LogP contribution in [0.3, 0.4) is 0 Å². The minimum absolute atomic E-state index is 0.170. The Hall–Kier alpha value is -1.55. The Bertz CT molecular complexity index is 395. The summed E-state index contributed by atoms with van der Waals surface area (Å²) in [5.41, 5.74) is 2.55. The summed E-state index contributed by atoms with van der Waals surface area (Å²) < 4.78 is 0. The van der Waals surface area contributed by atoms with Crippen molar-refractivity contribution in [1.82, 2.24) is 4.90 Å². The van der Waals surface area contributed by atoms with Crippen LogP contribution in [0.2, 0.25) is 0 Å². The second-order valence-electron chi connectivity index (χ2n) is 4.55. The summed E-state index contributed by atoms with van der Waals surface area (Å²) in [4.78, 5) is 15.3. The van der Waals surface area contributed by atoms with Crippen molar-refractivity contribution in [2.24, 2.45) is 0 Å². The fourth-order valence-electron chi connectivity index (χ4n) is 2.26. The van der Waals surface area contributed by atoms with E-state index in [1.807, 2.05) is 0 Å². The van der Waals surface area contributed by atoms with Gasteiger partial charge < -0.3 is 14.9 Å². The Labute approximate surface area is 108 Å². The van der Waals surface area contributed by atoms with Crippen LogP contribution >= 0.6 is 0 Å². The smallest absolute Gasteiger partial charge is 0.248 e. The molecule has 4 heteroatoms. The van der Waals surface area contributed by atoms with E-state index in [0.717, 1.165) is 19.5 Å². The normalized spacial score (nSPS) is 15.9. The predicted molar refractivity (Wildman–Crippen MR) is 71.7 cm³/mol. The summed E-state index contributed by atoms with van der Waals surface area (Å²) in [5.74, 6) is -0.170. The summed E-state index contributed by atoms with van der Waals surface area (Å²) in [5, 5.41) is 8.82. The van der Waals surface area contributed by atoms with Gasteiger partial charge in [0, 0.05) is 31.9 Å². The summed E-state index contributed by atoms with van der Waals surface area (Å²) in [6.45, 7) is 4.80. The van der Waals surface area contributed by atoms with Crippen LogP contribution < -0.4 is 4.90 Å². The van der Waals surface area contributed by atoms with E-state index in [1.165, 1.54) is 11.3 Å². The van der Waals surface area contributed by atoms with Crippen molar-refractivity contribution < 1.29 is 9.90 Å². The van der Waals surface area contributed by atoms with E-state index in [4.69, 9.17) is 5.11 Å². The van der Waals surface area contributed by atoms with Crippen molar-refractivity contribution in [2.75, 3.05) is 37.7 Å². The van der Waals surface area contributed by atoms with E-state index < -0.39 is 0 Å². The average Bonchev–Trinajstić information content (AvgIpc) is 2.47. The molecule has 1 heterocycles. The third-order valence-corrected chi connectivity index (χ3v) is 3.48. The molecule has 0 saturated carbocycles. The van der Waals surface area contributed by atoms with Gasteiger partial charge in [-0.3, -0.25) is 4.79 Å². The number of carbonyl (C=O) groups is 1. The Morgan fingerprint density at radius 2 is 1.78 bits per heavy atom. The number of aliphatic hydroxyl groups is 1. The van der Waals surface area contributed by atoms with Crippen LogP contribution in [0, 0.1) is 0 Å². The first kappa shape index (κ1) is 12.9. The van der Waals surface area contributed by atoms with E-state index in [0.29, 0.717) is 13.1 Å². The van der Waals surface area contributed by atoms with Crippen molar-refractivity contribution in [2.45, 2.75) is 13.3 Å². The number of amides is 1. The summed E-state index contributed by atoms with van der Waals surface area (Å²) in [6.07, 6.45) is 1.05. The third-order valence-electron chi connectivity index (χ3n) is 3.48. The Morgan fingerprint density at radius 1 is 1.17 bits per heavy atom. The van der Waals surface area contributed by atoms with Crippen molar-refractivity contribution in [1.29, 1.82) is 0 Å². The number of rotatable bonds is 3. The maximum absolute atomic E-state index is 11.4. The first-order chi connectivity index (χ1) is 8.74. The predicted octanol–water partition coefficient (Wildman–Crippen LogP) is 0.890. The summed E-state index contributed by atoms with van der Waals surface area (Å²) >= 11 is 0. The SMILES string of the molecule is CCc1ccc(N2CCN(C(=O)CO)CC2)cc1. The molecule has 0 bridgehead atoms. The molecule has 4 nitrogen and oxygen atoms in total. The highest BCUT2D eigenvalue weighted by molar-refractivity contribution is 5.77. The topological polar surface area (TPSA) is 43.8 Å². The molecule has 0 aliphatic carbocycles. The van der Waals surface area contributed by atoms with Gasteiger partial charge in [-0.05, 0) is 24.1 Å². The van der Waals surface area contributed by atoms with Gasteiger partial charge >= 0.3 is 0 Å². The molecule has 0 aromatic heterocycles. The zero-order valence-corrected chi connectivity index (χ0v) is 10.8. The van der Waals surface area contributed by atoms with Crippen molar-refractivity contribution in [3.63, 3.8) is 0 Å². The Morgan fingerprint density at radius 3 is 2.28 bits per heavy atom. The van der Waals surface area contributed by atoms with E-state index in [1.54, 1.807) is 4.90 Å². The molecular formula is C14H20N2O2. The molecule has 0 atom stereocenters. The van der Waals surface area contributed by atoms with Crippen LogP contribution in [0.25, 0.3) is 0 Å². The van der Waals surface area contributed by atoms with Crippen LogP contribution in [-0.2, 0) is 11.2 Å². The van der Waals surface area contributed by atoms with Gasteiger partial charge in [0.05, 0.1) is 0 Å². The number of benzene rings is 1. The lowest BCUT2D eigenvalue weighted by Crippen LogP contribution is -2.49. The zero-order valence-electron chi connectivity index (χ0n) is 10.8. The van der Waals surface area contributed by atoms with Crippen LogP contribution in [0.4, 0.5) is 5.69 Å². The summed E-state index contributed by atoms with van der Waals surface area (Å²) in [6, 6.07) is 8.59. The molecule has 1 aromatic carbocycles. The van der Waals surface area contributed by atoms with E-state index in [2.05, 4.69) is 36.1 Å². The Kier molecular flexibility index (Phi) is 4.20. The molecule has 1 fully saturated rings. The lowest BCUT2D eigenvalue weighted by atomic mass is 10.1. The molecule has 98 valence electrons. The Balaban J connectivity index is 1.94. The summed E-state index contributed by atoms with van der Waals surface area (Å²) in [7, 11) is 0. The maximum atomic E-state index is 11.4. The van der Waals surface area contributed by atoms with Gasteiger partial charge in [-0.2, -0.15) is 0 Å². The van der Waals surface area contributed by atoms with Gasteiger partial charge in [-0.25, -0.2) is 0 Å². The number of aliphatic hydroxyl groups excluding tert-OH is 1. The molecule has 1 aliphatic rings. The van der Waals surface area contributed by atoms with Crippen molar-refractivity contribution in [3.05, 3.63) is 29.8 Å². The highest BCUT2D eigenvalue weighted by Crippen LogP contribution is 2.17. The maximum Gasteiger partial charge on any atom is 0.248 e. The third kappa shape index (κ3) is 2.82. The minimum Gasteiger partial charge on any atom is -0.387 e. The average molecular weight is 248 g/mol. The number of hydrogen-bond donors (Lipinski definition) is 1. The number of hydrogen-bond acceptors (Lipinski definition) is 3. The molecule has 0 radical (unpaired) electrons. The number of piperazine rings is 1. The van der Waals surface area contributed by atoms with Crippen molar-refractivity contribution in [3.8, 4) is 0 Å². The van der Waals surface area contributed by atoms with Gasteiger partial charge in [0.1, 0.15) is 6.61 Å². The molecule has 1 aromatic rings. The fourth-order valence-corrected chi connectivity index (χ4v) is 2.26. The fraction of sp³-hybridized carbons (Fsp3) is 0.500. The zero-order chi connectivity index (χ0) is 13.0. The highest BCUT2D eigenvalue weighted by Gasteiger charge is 2.20. The van der Waals surface area contributed by atoms with Crippen LogP contribution in [0.15, 0.2) is 24.3 Å². The number of aryl methyl sites for hydroxylation is 1. The monoisotopic (exact) mass is 248 g/mol. The standard InChI is InChI=1S/C14H20N2O2/c1-2-12-3-5-13(6-4-12)15-7-9-16(10-8-15)14(18)11-17/h3-6,17H,2,7-11H2,1H3. The van der Waals surface area contributed by atoms with Gasteiger partial charge in [0.15, 0.2) is 0 Å². The quantitative estimate of drug-likeness (QED) is 0.864. The molecule has 0 spiro atoms. The lowest BCUT2D eigenvalue weighted by Gasteiger charge is -2.35. The number of anilines is 1. The molecule has 1 aliphatic heterocycles. The van der Waals surface area contributed by atoms with Crippen molar-refractivity contribution >= 4 is 11.6 Å². The molecule has 1 saturated heterocycles. The van der Waals surface area contributed by atoms with E-state index >= 15 is 0 Å². The van der Waals surface area contributed by atoms with E-state index in [-0.39, 0.29) is 12.5 Å². The molecule has 0 unspecified atom stereocenters. The number of carbonyl (C=O) groups excluding carboxylic acids is 1. The van der Waals surface area contributed by atoms with Crippen LogP contribution in [0.1, 0.15) is 12.5 Å². The van der Waals surface area contributed by atoms with Gasteiger partial charge in [0.2, 0.25) is 5.91 Å². The van der Waals surface area contributed by atoms with Gasteiger partial charge in [-0.1, -0.05) is 19.1 Å².